The molecular formula is C16H24O5. The largest absolute Gasteiger partial charge is 0.457 e. The lowest BCUT2D eigenvalue weighted by Gasteiger charge is -2.13. The van der Waals surface area contributed by atoms with Crippen molar-refractivity contribution < 1.29 is 23.5 Å². The van der Waals surface area contributed by atoms with E-state index in [9.17, 15) is 9.59 Å². The Kier molecular flexibility index (Phi) is 6.99. The second kappa shape index (κ2) is 8.49. The van der Waals surface area contributed by atoms with E-state index in [1.807, 2.05) is 27.7 Å². The molecule has 0 aromatic carbocycles. The number of esters is 2. The standard InChI is InChI=1S/C16H24O5/c1-5-11(6-2)19-15(17)13-9-10-14(21-13)16(18)20-12(7-3)8-4/h9-12H,5-8H2,1-4H3. The molecule has 0 fully saturated rings. The van der Waals surface area contributed by atoms with Crippen LogP contribution in [0.5, 0.6) is 0 Å². The minimum Gasteiger partial charge on any atom is -0.457 e. The zero-order chi connectivity index (χ0) is 15.8. The Morgan fingerprint density at radius 1 is 0.857 bits per heavy atom. The molecule has 0 amide bonds. The fourth-order valence-electron chi connectivity index (χ4n) is 1.89. The first-order valence-electron chi connectivity index (χ1n) is 7.57. The molecule has 0 atom stereocenters. The first-order valence-corrected chi connectivity index (χ1v) is 7.57. The van der Waals surface area contributed by atoms with Crippen LogP contribution >= 0.6 is 0 Å². The van der Waals surface area contributed by atoms with Gasteiger partial charge >= 0.3 is 11.9 Å². The van der Waals surface area contributed by atoms with Crippen LogP contribution in [0.4, 0.5) is 0 Å². The van der Waals surface area contributed by atoms with Crippen molar-refractivity contribution >= 4 is 11.9 Å². The minimum absolute atomic E-state index is 0.0263. The fourth-order valence-corrected chi connectivity index (χ4v) is 1.89. The van der Waals surface area contributed by atoms with Crippen molar-refractivity contribution in [3.05, 3.63) is 23.7 Å². The third kappa shape index (κ3) is 4.92. The van der Waals surface area contributed by atoms with Crippen molar-refractivity contribution in [2.24, 2.45) is 0 Å². The van der Waals surface area contributed by atoms with Gasteiger partial charge in [0, 0.05) is 0 Å². The van der Waals surface area contributed by atoms with Gasteiger partial charge in [-0.25, -0.2) is 9.59 Å². The Bertz CT molecular complexity index is 414. The zero-order valence-corrected chi connectivity index (χ0v) is 13.2. The topological polar surface area (TPSA) is 65.7 Å². The highest BCUT2D eigenvalue weighted by molar-refractivity contribution is 5.91. The highest BCUT2D eigenvalue weighted by atomic mass is 16.6. The number of furan rings is 1. The first-order chi connectivity index (χ1) is 10.0. The van der Waals surface area contributed by atoms with Gasteiger partial charge in [0.2, 0.25) is 11.5 Å². The van der Waals surface area contributed by atoms with Gasteiger partial charge in [0.15, 0.2) is 0 Å². The molecule has 1 aromatic rings. The normalized spacial score (nSPS) is 11.0. The van der Waals surface area contributed by atoms with Gasteiger partial charge in [0.05, 0.1) is 0 Å². The quantitative estimate of drug-likeness (QED) is 0.679. The molecule has 1 rings (SSSR count). The van der Waals surface area contributed by atoms with Gasteiger partial charge in [-0.2, -0.15) is 0 Å². The molecule has 5 nitrogen and oxygen atoms in total. The van der Waals surface area contributed by atoms with Crippen LogP contribution in [0.1, 0.15) is 74.5 Å². The van der Waals surface area contributed by atoms with Crippen LogP contribution in [0.15, 0.2) is 16.5 Å². The lowest BCUT2D eigenvalue weighted by Crippen LogP contribution is -2.17. The molecule has 0 N–H and O–H groups in total. The highest BCUT2D eigenvalue weighted by Gasteiger charge is 2.21. The minimum atomic E-state index is -0.551. The van der Waals surface area contributed by atoms with Crippen molar-refractivity contribution in [2.45, 2.75) is 65.6 Å². The molecule has 0 bridgehead atoms. The Morgan fingerprint density at radius 3 is 1.48 bits per heavy atom. The number of carbonyl (C=O) groups is 2. The van der Waals surface area contributed by atoms with Crippen LogP contribution in [-0.4, -0.2) is 24.1 Å². The van der Waals surface area contributed by atoms with Gasteiger partial charge in [-0.1, -0.05) is 27.7 Å². The van der Waals surface area contributed by atoms with Gasteiger partial charge in [0.25, 0.3) is 0 Å². The summed E-state index contributed by atoms with van der Waals surface area (Å²) in [6.45, 7) is 7.79. The smallest absolute Gasteiger partial charge is 0.374 e. The summed E-state index contributed by atoms with van der Waals surface area (Å²) in [5.41, 5.74) is 0. The maximum atomic E-state index is 11.9. The maximum absolute atomic E-state index is 11.9. The van der Waals surface area contributed by atoms with Crippen LogP contribution in [0.3, 0.4) is 0 Å². The number of carbonyl (C=O) groups excluding carboxylic acids is 2. The predicted molar refractivity (Wildman–Crippen MR) is 78.3 cm³/mol. The average Bonchev–Trinajstić information content (AvgIpc) is 2.99. The first kappa shape index (κ1) is 17.3. The summed E-state index contributed by atoms with van der Waals surface area (Å²) in [6, 6.07) is 2.88. The number of rotatable bonds is 8. The van der Waals surface area contributed by atoms with Gasteiger partial charge < -0.3 is 13.9 Å². The van der Waals surface area contributed by atoms with Gasteiger partial charge in [0.1, 0.15) is 12.2 Å². The van der Waals surface area contributed by atoms with E-state index >= 15 is 0 Å². The number of ether oxygens (including phenoxy) is 2. The third-order valence-electron chi connectivity index (χ3n) is 3.38. The SMILES string of the molecule is CCC(CC)OC(=O)c1ccc(C(=O)OC(CC)CC)o1. The van der Waals surface area contributed by atoms with Crippen LogP contribution in [-0.2, 0) is 9.47 Å². The van der Waals surface area contributed by atoms with E-state index < -0.39 is 11.9 Å². The van der Waals surface area contributed by atoms with Crippen LogP contribution in [0.25, 0.3) is 0 Å². The molecule has 0 aliphatic heterocycles. The van der Waals surface area contributed by atoms with Crippen molar-refractivity contribution in [3.63, 3.8) is 0 Å². The molecule has 5 heteroatoms. The maximum Gasteiger partial charge on any atom is 0.374 e. The second-order valence-corrected chi connectivity index (χ2v) is 4.85. The van der Waals surface area contributed by atoms with Gasteiger partial charge in [-0.3, -0.25) is 0 Å². The molecule has 0 spiro atoms. The monoisotopic (exact) mass is 296 g/mol. The number of hydrogen-bond acceptors (Lipinski definition) is 5. The van der Waals surface area contributed by atoms with Crippen molar-refractivity contribution in [3.8, 4) is 0 Å². The van der Waals surface area contributed by atoms with Crippen LogP contribution < -0.4 is 0 Å². The van der Waals surface area contributed by atoms with E-state index in [0.717, 1.165) is 25.7 Å². The summed E-state index contributed by atoms with van der Waals surface area (Å²) in [4.78, 5) is 23.8. The highest BCUT2D eigenvalue weighted by Crippen LogP contribution is 2.15. The average molecular weight is 296 g/mol. The Labute approximate surface area is 125 Å². The summed E-state index contributed by atoms with van der Waals surface area (Å²) in [6.07, 6.45) is 2.70. The molecule has 0 saturated carbocycles. The molecule has 0 radical (unpaired) electrons. The van der Waals surface area contributed by atoms with E-state index in [4.69, 9.17) is 13.9 Å². The summed E-state index contributed by atoms with van der Waals surface area (Å²) in [5, 5.41) is 0. The number of hydrogen-bond donors (Lipinski definition) is 0. The van der Waals surface area contributed by atoms with E-state index in [0.29, 0.717) is 0 Å². The van der Waals surface area contributed by atoms with Crippen LogP contribution in [0.2, 0.25) is 0 Å². The Hall–Kier alpha value is -1.78. The molecule has 118 valence electrons. The van der Waals surface area contributed by atoms with E-state index in [1.165, 1.54) is 12.1 Å². The molecule has 0 saturated heterocycles. The third-order valence-corrected chi connectivity index (χ3v) is 3.38. The van der Waals surface area contributed by atoms with E-state index in [1.54, 1.807) is 0 Å². The lowest BCUT2D eigenvalue weighted by atomic mass is 10.2. The summed E-state index contributed by atoms with van der Waals surface area (Å²) in [7, 11) is 0. The summed E-state index contributed by atoms with van der Waals surface area (Å²) < 4.78 is 15.8. The molecule has 0 aliphatic rings. The molecule has 1 heterocycles. The van der Waals surface area contributed by atoms with Gasteiger partial charge in [-0.05, 0) is 37.8 Å². The Morgan fingerprint density at radius 2 is 1.19 bits per heavy atom. The lowest BCUT2D eigenvalue weighted by molar-refractivity contribution is 0.0215. The zero-order valence-electron chi connectivity index (χ0n) is 13.2. The molecule has 1 aromatic heterocycles. The van der Waals surface area contributed by atoms with Crippen molar-refractivity contribution in [2.75, 3.05) is 0 Å². The van der Waals surface area contributed by atoms with E-state index in [2.05, 4.69) is 0 Å². The fraction of sp³-hybridized carbons (Fsp3) is 0.625. The molecular weight excluding hydrogens is 272 g/mol. The van der Waals surface area contributed by atoms with Crippen LogP contribution in [0, 0.1) is 0 Å². The van der Waals surface area contributed by atoms with Crippen molar-refractivity contribution in [1.82, 2.24) is 0 Å². The van der Waals surface area contributed by atoms with Crippen molar-refractivity contribution in [1.29, 1.82) is 0 Å². The molecule has 0 unspecified atom stereocenters. The van der Waals surface area contributed by atoms with Gasteiger partial charge in [-0.15, -0.1) is 0 Å². The summed E-state index contributed by atoms with van der Waals surface area (Å²) in [5.74, 6) is -1.05. The summed E-state index contributed by atoms with van der Waals surface area (Å²) >= 11 is 0. The molecule has 21 heavy (non-hydrogen) atoms. The molecule has 0 aliphatic carbocycles. The Balaban J connectivity index is 2.67. The predicted octanol–water partition coefficient (Wildman–Crippen LogP) is 3.97. The van der Waals surface area contributed by atoms with E-state index in [-0.39, 0.29) is 23.7 Å². The second-order valence-electron chi connectivity index (χ2n) is 4.85.